The predicted octanol–water partition coefficient (Wildman–Crippen LogP) is 6.62. The van der Waals surface area contributed by atoms with Crippen molar-refractivity contribution in [3.8, 4) is 0 Å². The van der Waals surface area contributed by atoms with Crippen LogP contribution in [0.15, 0.2) is 0 Å². The number of hydrogen-bond acceptors (Lipinski definition) is 5. The Bertz CT molecular complexity index is 579. The second kappa shape index (κ2) is 18.7. The Hall–Kier alpha value is -1.59. The van der Waals surface area contributed by atoms with Gasteiger partial charge in [0.25, 0.3) is 0 Å². The zero-order chi connectivity index (χ0) is 25.2. The molecule has 6 nitrogen and oxygen atoms in total. The molecule has 0 aromatic rings. The topological polar surface area (TPSA) is 95.7 Å². The van der Waals surface area contributed by atoms with E-state index in [1.54, 1.807) is 0 Å². The maximum atomic E-state index is 12.7. The van der Waals surface area contributed by atoms with E-state index in [4.69, 9.17) is 15.2 Å². The Morgan fingerprint density at radius 2 is 1.38 bits per heavy atom. The fourth-order valence-corrected chi connectivity index (χ4v) is 4.78. The Morgan fingerprint density at radius 1 is 0.824 bits per heavy atom. The number of hydrogen-bond donors (Lipinski definition) is 1. The molecule has 1 saturated heterocycles. The highest BCUT2D eigenvalue weighted by atomic mass is 16.6. The van der Waals surface area contributed by atoms with E-state index in [2.05, 4.69) is 13.8 Å². The summed E-state index contributed by atoms with van der Waals surface area (Å²) in [7, 11) is 0. The second-order valence-corrected chi connectivity index (χ2v) is 10.1. The number of primary amides is 1. The van der Waals surface area contributed by atoms with Gasteiger partial charge in [0.05, 0.1) is 5.92 Å². The molecule has 0 saturated carbocycles. The molecular formula is C28H51NO5. The average molecular weight is 482 g/mol. The number of unbranched alkanes of at least 4 members (excludes halogenated alkanes) is 11. The van der Waals surface area contributed by atoms with Gasteiger partial charge in [0, 0.05) is 6.42 Å². The first-order chi connectivity index (χ1) is 16.4. The number of carbonyl (C=O) groups is 3. The van der Waals surface area contributed by atoms with Crippen LogP contribution < -0.4 is 5.73 Å². The molecular weight excluding hydrogens is 430 g/mol. The minimum absolute atomic E-state index is 0.0937. The summed E-state index contributed by atoms with van der Waals surface area (Å²) in [5.74, 6) is -2.28. The van der Waals surface area contributed by atoms with E-state index in [-0.39, 0.29) is 24.1 Å². The second-order valence-electron chi connectivity index (χ2n) is 10.1. The van der Waals surface area contributed by atoms with Crippen LogP contribution in [0.2, 0.25) is 0 Å². The lowest BCUT2D eigenvalue weighted by molar-refractivity contribution is -0.190. The lowest BCUT2D eigenvalue weighted by Gasteiger charge is -2.37. The molecule has 0 aliphatic carbocycles. The summed E-state index contributed by atoms with van der Waals surface area (Å²) in [5.41, 5.74) is 5.45. The van der Waals surface area contributed by atoms with Crippen LogP contribution in [0, 0.1) is 11.8 Å². The van der Waals surface area contributed by atoms with Gasteiger partial charge < -0.3 is 15.2 Å². The highest BCUT2D eigenvalue weighted by Crippen LogP contribution is 2.33. The lowest BCUT2D eigenvalue weighted by Crippen LogP contribution is -2.47. The first-order valence-corrected chi connectivity index (χ1v) is 14.1. The standard InChI is InChI=1S/C28H51NO5/c1-4-7-9-11-12-13-14-15-16-19-22(33-28(32)24(18-6-3)26(29)30)21-25-23(27(31)34-25)20-17-10-8-5-2/h22-25H,4-21H2,1-3H3,(H2,29,30)/t22-,23-,24?,25-/m0/s1. The van der Waals surface area contributed by atoms with Gasteiger partial charge in [-0.05, 0) is 25.7 Å². The van der Waals surface area contributed by atoms with Crippen molar-refractivity contribution in [1.82, 2.24) is 0 Å². The van der Waals surface area contributed by atoms with E-state index in [0.717, 1.165) is 44.9 Å². The number of esters is 2. The van der Waals surface area contributed by atoms with Gasteiger partial charge in [-0.2, -0.15) is 0 Å². The lowest BCUT2D eigenvalue weighted by atomic mass is 9.86. The Balaban J connectivity index is 2.55. The summed E-state index contributed by atoms with van der Waals surface area (Å²) in [6.45, 7) is 6.32. The monoisotopic (exact) mass is 481 g/mol. The fraction of sp³-hybridized carbons (Fsp3) is 0.893. The molecule has 1 aliphatic heterocycles. The van der Waals surface area contributed by atoms with Gasteiger partial charge in [-0.3, -0.25) is 14.4 Å². The quantitative estimate of drug-likeness (QED) is 0.106. The minimum atomic E-state index is -0.899. The number of rotatable bonds is 22. The molecule has 1 rings (SSSR count). The highest BCUT2D eigenvalue weighted by Gasteiger charge is 2.43. The van der Waals surface area contributed by atoms with E-state index < -0.39 is 17.8 Å². The van der Waals surface area contributed by atoms with Crippen molar-refractivity contribution < 1.29 is 23.9 Å². The molecule has 198 valence electrons. The molecule has 0 spiro atoms. The summed E-state index contributed by atoms with van der Waals surface area (Å²) in [4.78, 5) is 36.5. The molecule has 1 aliphatic rings. The van der Waals surface area contributed by atoms with Gasteiger partial charge in [0.1, 0.15) is 18.1 Å². The Kier molecular flexibility index (Phi) is 16.7. The van der Waals surface area contributed by atoms with E-state index in [1.807, 2.05) is 6.92 Å². The summed E-state index contributed by atoms with van der Waals surface area (Å²) in [6.07, 6.45) is 18.1. The van der Waals surface area contributed by atoms with Crippen molar-refractivity contribution in [2.24, 2.45) is 17.6 Å². The van der Waals surface area contributed by atoms with E-state index in [9.17, 15) is 14.4 Å². The largest absolute Gasteiger partial charge is 0.462 e. The molecule has 0 radical (unpaired) electrons. The third-order valence-electron chi connectivity index (χ3n) is 7.00. The third-order valence-corrected chi connectivity index (χ3v) is 7.00. The van der Waals surface area contributed by atoms with Gasteiger partial charge in [0.15, 0.2) is 0 Å². The normalized spacial score (nSPS) is 19.2. The van der Waals surface area contributed by atoms with Crippen LogP contribution in [-0.2, 0) is 23.9 Å². The molecule has 34 heavy (non-hydrogen) atoms. The van der Waals surface area contributed by atoms with E-state index in [0.29, 0.717) is 19.3 Å². The van der Waals surface area contributed by atoms with Crippen molar-refractivity contribution in [2.45, 2.75) is 149 Å². The molecule has 1 heterocycles. The smallest absolute Gasteiger partial charge is 0.318 e. The molecule has 1 amide bonds. The van der Waals surface area contributed by atoms with Crippen LogP contribution in [0.5, 0.6) is 0 Å². The first-order valence-electron chi connectivity index (χ1n) is 14.1. The average Bonchev–Trinajstić information content (AvgIpc) is 2.80. The Morgan fingerprint density at radius 3 is 1.91 bits per heavy atom. The molecule has 0 bridgehead atoms. The van der Waals surface area contributed by atoms with Crippen LogP contribution in [0.4, 0.5) is 0 Å². The molecule has 4 atom stereocenters. The van der Waals surface area contributed by atoms with Crippen molar-refractivity contribution in [2.75, 3.05) is 0 Å². The minimum Gasteiger partial charge on any atom is -0.462 e. The van der Waals surface area contributed by atoms with Crippen LogP contribution in [0.3, 0.4) is 0 Å². The Labute approximate surface area is 208 Å². The number of ether oxygens (including phenoxy) is 2. The van der Waals surface area contributed by atoms with Gasteiger partial charge in [-0.15, -0.1) is 0 Å². The van der Waals surface area contributed by atoms with Crippen molar-refractivity contribution >= 4 is 17.8 Å². The van der Waals surface area contributed by atoms with Crippen LogP contribution in [0.1, 0.15) is 136 Å². The van der Waals surface area contributed by atoms with E-state index in [1.165, 1.54) is 51.4 Å². The van der Waals surface area contributed by atoms with Crippen molar-refractivity contribution in [3.63, 3.8) is 0 Å². The van der Waals surface area contributed by atoms with E-state index >= 15 is 0 Å². The summed E-state index contributed by atoms with van der Waals surface area (Å²) >= 11 is 0. The maximum Gasteiger partial charge on any atom is 0.318 e. The fourth-order valence-electron chi connectivity index (χ4n) is 4.78. The SMILES string of the molecule is CCCCCCCCCCC[C@@H](C[C@@H]1OC(=O)[C@H]1CCCCCC)OC(=O)C(CCC)C(N)=O. The molecule has 1 unspecified atom stereocenters. The molecule has 6 heteroatoms. The van der Waals surface area contributed by atoms with Crippen molar-refractivity contribution in [3.05, 3.63) is 0 Å². The highest BCUT2D eigenvalue weighted by molar-refractivity contribution is 5.96. The number of carbonyl (C=O) groups excluding carboxylic acids is 3. The molecule has 0 aromatic carbocycles. The van der Waals surface area contributed by atoms with Crippen LogP contribution in [-0.4, -0.2) is 30.1 Å². The zero-order valence-corrected chi connectivity index (χ0v) is 22.2. The predicted molar refractivity (Wildman–Crippen MR) is 136 cm³/mol. The zero-order valence-electron chi connectivity index (χ0n) is 22.2. The molecule has 1 fully saturated rings. The summed E-state index contributed by atoms with van der Waals surface area (Å²) < 4.78 is 11.2. The number of nitrogens with two attached hydrogens (primary N) is 1. The van der Waals surface area contributed by atoms with Gasteiger partial charge in [0.2, 0.25) is 5.91 Å². The maximum absolute atomic E-state index is 12.7. The summed E-state index contributed by atoms with van der Waals surface area (Å²) in [5, 5.41) is 0. The molecule has 2 N–H and O–H groups in total. The van der Waals surface area contributed by atoms with Gasteiger partial charge >= 0.3 is 11.9 Å². The van der Waals surface area contributed by atoms with Gasteiger partial charge in [-0.1, -0.05) is 104 Å². The number of amides is 1. The number of cyclic esters (lactones) is 1. The summed E-state index contributed by atoms with van der Waals surface area (Å²) in [6, 6.07) is 0. The van der Waals surface area contributed by atoms with Crippen molar-refractivity contribution in [1.29, 1.82) is 0 Å². The van der Waals surface area contributed by atoms with Crippen LogP contribution >= 0.6 is 0 Å². The third kappa shape index (κ3) is 12.2. The molecule has 0 aromatic heterocycles. The van der Waals surface area contributed by atoms with Crippen LogP contribution in [0.25, 0.3) is 0 Å². The van der Waals surface area contributed by atoms with Gasteiger partial charge in [-0.25, -0.2) is 0 Å². The first kappa shape index (κ1) is 30.4.